The van der Waals surface area contributed by atoms with Crippen molar-refractivity contribution in [2.45, 2.75) is 32.2 Å². The van der Waals surface area contributed by atoms with Crippen molar-refractivity contribution in [3.8, 4) is 0 Å². The van der Waals surface area contributed by atoms with Crippen LogP contribution in [0.1, 0.15) is 25.5 Å². The van der Waals surface area contributed by atoms with Crippen molar-refractivity contribution >= 4 is 34.7 Å². The molecule has 0 amide bonds. The van der Waals surface area contributed by atoms with Crippen LogP contribution in [-0.4, -0.2) is 34.0 Å². The lowest BCUT2D eigenvalue weighted by molar-refractivity contribution is -0.384. The summed E-state index contributed by atoms with van der Waals surface area (Å²) in [4.78, 5) is 21.8. The number of nitrogens with two attached hydrogens (primary N) is 1. The molecule has 0 saturated carbocycles. The Kier molecular flexibility index (Phi) is 5.53. The molecule has 0 bridgehead atoms. The van der Waals surface area contributed by atoms with E-state index in [0.717, 1.165) is 43.9 Å². The van der Waals surface area contributed by atoms with Crippen molar-refractivity contribution < 1.29 is 4.92 Å². The Bertz CT molecular complexity index is 816. The monoisotopic (exact) mass is 376 g/mol. The number of hydrogen-bond donors (Lipinski definition) is 2. The molecule has 2 heterocycles. The number of benzene rings is 1. The maximum atomic E-state index is 11.1. The van der Waals surface area contributed by atoms with E-state index in [2.05, 4.69) is 27.1 Å². The number of anilines is 3. The van der Waals surface area contributed by atoms with Gasteiger partial charge in [-0.2, -0.15) is 4.98 Å². The SMILES string of the molecule is CCCc1cc(N2CC[C@H](N)C2)nc(Nc2ccc(Cl)c([N+](=O)[O-])c2)n1. The lowest BCUT2D eigenvalue weighted by atomic mass is 10.2. The molecule has 3 N–H and O–H groups in total. The van der Waals surface area contributed by atoms with Gasteiger partial charge < -0.3 is 16.0 Å². The number of rotatable bonds is 6. The van der Waals surface area contributed by atoms with Gasteiger partial charge in [0.2, 0.25) is 5.95 Å². The number of halogens is 1. The molecule has 0 aliphatic carbocycles. The Balaban J connectivity index is 1.90. The quantitative estimate of drug-likeness (QED) is 0.587. The number of nitrogens with one attached hydrogen (secondary N) is 1. The van der Waals surface area contributed by atoms with E-state index in [9.17, 15) is 10.1 Å². The van der Waals surface area contributed by atoms with Crippen LogP contribution in [0.25, 0.3) is 0 Å². The maximum absolute atomic E-state index is 11.1. The van der Waals surface area contributed by atoms with Crippen LogP contribution < -0.4 is 16.0 Å². The molecule has 1 atom stereocenters. The normalized spacial score (nSPS) is 16.7. The molecule has 1 aliphatic heterocycles. The van der Waals surface area contributed by atoms with Gasteiger partial charge in [-0.15, -0.1) is 0 Å². The highest BCUT2D eigenvalue weighted by Crippen LogP contribution is 2.29. The van der Waals surface area contributed by atoms with Gasteiger partial charge >= 0.3 is 0 Å². The summed E-state index contributed by atoms with van der Waals surface area (Å²) in [5.41, 5.74) is 7.28. The summed E-state index contributed by atoms with van der Waals surface area (Å²) in [5.74, 6) is 1.23. The minimum Gasteiger partial charge on any atom is -0.355 e. The fourth-order valence-electron chi connectivity index (χ4n) is 2.94. The number of aromatic nitrogens is 2. The number of hydrogen-bond acceptors (Lipinski definition) is 7. The Morgan fingerprint density at radius 3 is 2.88 bits per heavy atom. The van der Waals surface area contributed by atoms with Crippen molar-refractivity contribution in [2.75, 3.05) is 23.3 Å². The summed E-state index contributed by atoms with van der Waals surface area (Å²) in [6.45, 7) is 3.70. The van der Waals surface area contributed by atoms with E-state index in [0.29, 0.717) is 11.6 Å². The highest BCUT2D eigenvalue weighted by Gasteiger charge is 2.21. The van der Waals surface area contributed by atoms with E-state index in [1.54, 1.807) is 6.07 Å². The Hall–Kier alpha value is -2.45. The van der Waals surface area contributed by atoms with Gasteiger partial charge in [-0.1, -0.05) is 24.9 Å². The third-order valence-corrected chi connectivity index (χ3v) is 4.54. The Morgan fingerprint density at radius 2 is 2.23 bits per heavy atom. The smallest absolute Gasteiger partial charge is 0.289 e. The zero-order valence-corrected chi connectivity index (χ0v) is 15.2. The molecule has 1 aliphatic rings. The van der Waals surface area contributed by atoms with Gasteiger partial charge in [-0.3, -0.25) is 10.1 Å². The van der Waals surface area contributed by atoms with Crippen molar-refractivity contribution in [1.29, 1.82) is 0 Å². The summed E-state index contributed by atoms with van der Waals surface area (Å²) in [6, 6.07) is 6.66. The molecular formula is C17H21ClN6O2. The molecule has 1 aromatic heterocycles. The van der Waals surface area contributed by atoms with Crippen LogP contribution in [0.3, 0.4) is 0 Å². The molecule has 0 radical (unpaired) electrons. The van der Waals surface area contributed by atoms with Gasteiger partial charge in [-0.05, 0) is 25.0 Å². The second-order valence-electron chi connectivity index (χ2n) is 6.33. The zero-order valence-electron chi connectivity index (χ0n) is 14.5. The van der Waals surface area contributed by atoms with Crippen LogP contribution in [0.15, 0.2) is 24.3 Å². The second kappa shape index (κ2) is 7.84. The highest BCUT2D eigenvalue weighted by atomic mass is 35.5. The average molecular weight is 377 g/mol. The van der Waals surface area contributed by atoms with E-state index in [1.807, 2.05) is 6.07 Å². The predicted octanol–water partition coefficient (Wildman–Crippen LogP) is 3.27. The number of nitrogens with zero attached hydrogens (tertiary/aromatic N) is 4. The maximum Gasteiger partial charge on any atom is 0.289 e. The van der Waals surface area contributed by atoms with Crippen LogP contribution in [-0.2, 0) is 6.42 Å². The standard InChI is InChI=1S/C17H21ClN6O2/c1-2-3-12-9-16(23-7-6-11(19)10-23)22-17(20-12)21-13-4-5-14(18)15(8-13)24(25)26/h4-5,8-9,11H,2-3,6-7,10,19H2,1H3,(H,20,21,22)/t11-/m0/s1. The first-order valence-electron chi connectivity index (χ1n) is 8.55. The fourth-order valence-corrected chi connectivity index (χ4v) is 3.13. The van der Waals surface area contributed by atoms with Crippen LogP contribution in [0.2, 0.25) is 5.02 Å². The van der Waals surface area contributed by atoms with E-state index < -0.39 is 4.92 Å². The molecule has 9 heteroatoms. The summed E-state index contributed by atoms with van der Waals surface area (Å²) < 4.78 is 0. The first-order chi connectivity index (χ1) is 12.5. The summed E-state index contributed by atoms with van der Waals surface area (Å²) in [7, 11) is 0. The largest absolute Gasteiger partial charge is 0.355 e. The van der Waals surface area contributed by atoms with Crippen LogP contribution in [0.4, 0.5) is 23.1 Å². The lowest BCUT2D eigenvalue weighted by Gasteiger charge is -2.19. The molecule has 138 valence electrons. The van der Waals surface area contributed by atoms with Gasteiger partial charge in [0.25, 0.3) is 5.69 Å². The van der Waals surface area contributed by atoms with E-state index in [-0.39, 0.29) is 16.8 Å². The summed E-state index contributed by atoms with van der Waals surface area (Å²) >= 11 is 5.87. The van der Waals surface area contributed by atoms with Gasteiger partial charge in [0.15, 0.2) is 0 Å². The van der Waals surface area contributed by atoms with Crippen molar-refractivity contribution in [3.05, 3.63) is 45.1 Å². The highest BCUT2D eigenvalue weighted by molar-refractivity contribution is 6.32. The second-order valence-corrected chi connectivity index (χ2v) is 6.74. The van der Waals surface area contributed by atoms with Crippen LogP contribution >= 0.6 is 11.6 Å². The zero-order chi connectivity index (χ0) is 18.7. The van der Waals surface area contributed by atoms with Gasteiger partial charge in [-0.25, -0.2) is 4.98 Å². The van der Waals surface area contributed by atoms with Gasteiger partial charge in [0.1, 0.15) is 10.8 Å². The molecule has 26 heavy (non-hydrogen) atoms. The Labute approximate surface area is 156 Å². The minimum atomic E-state index is -0.515. The van der Waals surface area contributed by atoms with Crippen LogP contribution in [0.5, 0.6) is 0 Å². The van der Waals surface area contributed by atoms with E-state index >= 15 is 0 Å². The molecule has 8 nitrogen and oxygen atoms in total. The lowest BCUT2D eigenvalue weighted by Crippen LogP contribution is -2.27. The molecule has 1 aromatic carbocycles. The molecule has 0 spiro atoms. The average Bonchev–Trinajstić information content (AvgIpc) is 3.03. The molecule has 1 fully saturated rings. The van der Waals surface area contributed by atoms with Gasteiger partial charge in [0, 0.05) is 42.6 Å². The number of nitro benzene ring substituents is 1. The summed E-state index contributed by atoms with van der Waals surface area (Å²) in [5, 5.41) is 14.2. The van der Waals surface area contributed by atoms with Crippen molar-refractivity contribution in [1.82, 2.24) is 9.97 Å². The molecule has 2 aromatic rings. The van der Waals surface area contributed by atoms with Crippen molar-refractivity contribution in [3.63, 3.8) is 0 Å². The number of nitro groups is 1. The first-order valence-corrected chi connectivity index (χ1v) is 8.93. The fraction of sp³-hybridized carbons (Fsp3) is 0.412. The first kappa shape index (κ1) is 18.3. The Morgan fingerprint density at radius 1 is 1.42 bits per heavy atom. The minimum absolute atomic E-state index is 0.0907. The topological polar surface area (TPSA) is 110 Å². The van der Waals surface area contributed by atoms with Gasteiger partial charge in [0.05, 0.1) is 4.92 Å². The van der Waals surface area contributed by atoms with E-state index in [1.165, 1.54) is 12.1 Å². The summed E-state index contributed by atoms with van der Waals surface area (Å²) in [6.07, 6.45) is 2.71. The third-order valence-electron chi connectivity index (χ3n) is 4.22. The van der Waals surface area contributed by atoms with Crippen LogP contribution in [0, 0.1) is 10.1 Å². The third kappa shape index (κ3) is 4.20. The molecular weight excluding hydrogens is 356 g/mol. The number of aryl methyl sites for hydroxylation is 1. The molecule has 3 rings (SSSR count). The molecule has 1 saturated heterocycles. The molecule has 0 unspecified atom stereocenters. The predicted molar refractivity (Wildman–Crippen MR) is 102 cm³/mol. The van der Waals surface area contributed by atoms with Crippen molar-refractivity contribution in [2.24, 2.45) is 5.73 Å². The van der Waals surface area contributed by atoms with E-state index in [4.69, 9.17) is 17.3 Å².